The normalized spacial score (nSPS) is 19.4. The van der Waals surface area contributed by atoms with Gasteiger partial charge >= 0.3 is 12.2 Å². The first-order chi connectivity index (χ1) is 31.3. The summed E-state index contributed by atoms with van der Waals surface area (Å²) in [5.74, 6) is -0.500. The number of carbonyl (C=O) groups is 5. The van der Waals surface area contributed by atoms with E-state index >= 15 is 0 Å². The largest absolute Gasteiger partial charge is 0.444 e. The Morgan fingerprint density at radius 2 is 1.12 bits per heavy atom. The Kier molecular flexibility index (Phi) is 20.6. The van der Waals surface area contributed by atoms with Crippen LogP contribution in [0.5, 0.6) is 0 Å². The first-order valence-electron chi connectivity index (χ1n) is 22.9. The molecule has 382 valence electrons. The molecule has 4 aliphatic rings. The Hall–Kier alpha value is -5.06. The number of ether oxygens (including phenoxy) is 2. The van der Waals surface area contributed by atoms with Gasteiger partial charge in [-0.2, -0.15) is 0 Å². The van der Waals surface area contributed by atoms with Crippen LogP contribution in [0.25, 0.3) is 0 Å². The van der Waals surface area contributed by atoms with E-state index in [1.54, 1.807) is 23.9 Å². The van der Waals surface area contributed by atoms with E-state index in [1.807, 2.05) is 46.4 Å². The van der Waals surface area contributed by atoms with Crippen LogP contribution < -0.4 is 37.7 Å². The lowest BCUT2D eigenvalue weighted by molar-refractivity contribution is -0.121. The molecule has 6 rings (SSSR count). The summed E-state index contributed by atoms with van der Waals surface area (Å²) < 4.78 is 13.4. The molecule has 6 heterocycles. The minimum absolute atomic E-state index is 0. The molecule has 5 N–H and O–H groups in total. The van der Waals surface area contributed by atoms with Gasteiger partial charge in [0.25, 0.3) is 22.9 Å². The van der Waals surface area contributed by atoms with Gasteiger partial charge in [-0.05, 0) is 67.2 Å². The number of piperidine rings is 2. The summed E-state index contributed by atoms with van der Waals surface area (Å²) in [6.07, 6.45) is 4.05. The van der Waals surface area contributed by atoms with Crippen LogP contribution >= 0.6 is 23.2 Å². The molecule has 2 aromatic rings. The fourth-order valence-electron chi connectivity index (χ4n) is 8.35. The number of hydrogen-bond donors (Lipinski definition) is 3. The van der Waals surface area contributed by atoms with Crippen molar-refractivity contribution < 1.29 is 38.2 Å². The average molecular weight is 1000 g/mol. The first-order valence-corrected chi connectivity index (χ1v) is 23.6. The van der Waals surface area contributed by atoms with Crippen LogP contribution in [0.2, 0.25) is 10.3 Å². The van der Waals surface area contributed by atoms with Crippen LogP contribution in [-0.2, 0) is 28.4 Å². The molecular weight excluding hydrogens is 930 g/mol. The zero-order valence-electron chi connectivity index (χ0n) is 41.1. The summed E-state index contributed by atoms with van der Waals surface area (Å²) in [5.41, 5.74) is 7.67. The lowest BCUT2D eigenvalue weighted by Crippen LogP contribution is -2.59. The van der Waals surface area contributed by atoms with Crippen LogP contribution in [-0.4, -0.2) is 158 Å². The lowest BCUT2D eigenvalue weighted by atomic mass is 9.98. The highest BCUT2D eigenvalue weighted by molar-refractivity contribution is 6.32. The molecular formula is C44H71Cl2FN12O9. The standard InChI is InChI=1S/C22H35ClN6O4.C12H18ClN5O2.C10H17NO3.FH/c1-6-14-13-28(19-17(23)25-16(18(24)30)20(31)26(19)5)11-12-29(14)15-7-9-27(10-8-15)21(32)33-22(2,3)4;1-3-7-6-18(5-4-15-7)11-9(13)16-8(10(14)19)12(20)17(11)2;1-10(2,3)14-9(13)11-6-4-8(12)5-7-11;/h14-15H,6-13H2,1-5H3,(H2,24,30);7,15H,3-6H2,1-2H3,(H2,14,19);4-7H2,1-3H3;1H/t14-;7-;;/m00../s1. The number of hydrogen-bond acceptors (Lipinski definition) is 15. The topological polar surface area (TPSA) is 254 Å². The zero-order valence-corrected chi connectivity index (χ0v) is 42.6. The molecule has 0 spiro atoms. The molecule has 0 radical (unpaired) electrons. The van der Waals surface area contributed by atoms with Crippen molar-refractivity contribution in [3.05, 3.63) is 42.4 Å². The maximum Gasteiger partial charge on any atom is 0.410 e. The molecule has 2 aromatic heterocycles. The molecule has 21 nitrogen and oxygen atoms in total. The number of rotatable bonds is 7. The van der Waals surface area contributed by atoms with Gasteiger partial charge in [0.15, 0.2) is 21.7 Å². The fraction of sp³-hybridized carbons (Fsp3) is 0.705. The van der Waals surface area contributed by atoms with E-state index in [-0.39, 0.29) is 50.4 Å². The van der Waals surface area contributed by atoms with Gasteiger partial charge in [-0.1, -0.05) is 37.0 Å². The Morgan fingerprint density at radius 1 is 0.676 bits per heavy atom. The van der Waals surface area contributed by atoms with Crippen LogP contribution in [0.1, 0.15) is 115 Å². The molecule has 0 bridgehead atoms. The quantitative estimate of drug-likeness (QED) is 0.360. The van der Waals surface area contributed by atoms with Crippen molar-refractivity contribution in [2.75, 3.05) is 75.2 Å². The number of amides is 4. The molecule has 24 heteroatoms. The summed E-state index contributed by atoms with van der Waals surface area (Å²) in [6, 6.07) is 0.981. The second-order valence-electron chi connectivity index (χ2n) is 19.1. The maximum absolute atomic E-state index is 12.5. The lowest BCUT2D eigenvalue weighted by Gasteiger charge is -2.48. The number of nitrogens with one attached hydrogen (secondary N) is 1. The van der Waals surface area contributed by atoms with Crippen molar-refractivity contribution in [2.24, 2.45) is 25.6 Å². The summed E-state index contributed by atoms with van der Waals surface area (Å²) in [4.78, 5) is 99.9. The summed E-state index contributed by atoms with van der Waals surface area (Å²) in [7, 11) is 3.15. The van der Waals surface area contributed by atoms with Gasteiger partial charge in [0.1, 0.15) is 28.6 Å². The molecule has 0 unspecified atom stereocenters. The van der Waals surface area contributed by atoms with E-state index in [0.29, 0.717) is 75.8 Å². The van der Waals surface area contributed by atoms with Crippen LogP contribution in [0, 0.1) is 0 Å². The van der Waals surface area contributed by atoms with E-state index in [2.05, 4.69) is 38.9 Å². The number of nitrogens with two attached hydrogens (primary N) is 2. The summed E-state index contributed by atoms with van der Waals surface area (Å²) in [5, 5.41) is 3.60. The van der Waals surface area contributed by atoms with Crippen molar-refractivity contribution in [1.29, 1.82) is 0 Å². The minimum Gasteiger partial charge on any atom is -0.444 e. The molecule has 68 heavy (non-hydrogen) atoms. The number of Topliss-reactive ketones (excluding diaryl/α,β-unsaturated/α-hetero) is 1. The molecule has 4 saturated heterocycles. The maximum atomic E-state index is 12.5. The average Bonchev–Trinajstić information content (AvgIpc) is 3.25. The van der Waals surface area contributed by atoms with Crippen molar-refractivity contribution >= 4 is 64.6 Å². The molecule has 2 atom stereocenters. The second kappa shape index (κ2) is 24.5. The molecule has 0 aliphatic carbocycles. The van der Waals surface area contributed by atoms with E-state index in [9.17, 15) is 33.6 Å². The van der Waals surface area contributed by atoms with E-state index in [1.165, 1.54) is 9.13 Å². The molecule has 4 amide bonds. The van der Waals surface area contributed by atoms with Gasteiger partial charge in [0, 0.05) is 111 Å². The van der Waals surface area contributed by atoms with Crippen molar-refractivity contribution in [2.45, 2.75) is 123 Å². The van der Waals surface area contributed by atoms with E-state index < -0.39 is 34.1 Å². The van der Waals surface area contributed by atoms with Gasteiger partial charge < -0.3 is 45.9 Å². The number of likely N-dealkylation sites (tertiary alicyclic amines) is 2. The molecule has 4 aliphatic heterocycles. The highest BCUT2D eigenvalue weighted by Gasteiger charge is 2.36. The van der Waals surface area contributed by atoms with Crippen LogP contribution in [0.3, 0.4) is 0 Å². The molecule has 0 saturated carbocycles. The number of anilines is 2. The van der Waals surface area contributed by atoms with Gasteiger partial charge in [0.2, 0.25) is 0 Å². The predicted octanol–water partition coefficient (Wildman–Crippen LogP) is 3.29. The Balaban J connectivity index is 0.000000297. The van der Waals surface area contributed by atoms with Gasteiger partial charge in [-0.25, -0.2) is 19.6 Å². The van der Waals surface area contributed by atoms with Crippen LogP contribution in [0.4, 0.5) is 25.9 Å². The van der Waals surface area contributed by atoms with Crippen molar-refractivity contribution in [3.8, 4) is 0 Å². The monoisotopic (exact) mass is 1000 g/mol. The Morgan fingerprint density at radius 3 is 1.53 bits per heavy atom. The first kappa shape index (κ1) is 57.3. The number of aromatic nitrogens is 4. The Bertz CT molecular complexity index is 2230. The van der Waals surface area contributed by atoms with E-state index in [0.717, 1.165) is 51.9 Å². The fourth-order valence-corrected chi connectivity index (χ4v) is 9.02. The Labute approximate surface area is 407 Å². The SMILES string of the molecule is CC(C)(C)OC(=O)N1CCC(=O)CC1.CC[C@H]1CN(c2c(Cl)nc(C(N)=O)c(=O)n2C)CCN1.CC[C@H]1CN(c2c(Cl)nc(C(N)=O)c(=O)n2C)CCN1C1CCN(C(=O)OC(C)(C)C)CC1.F. The minimum atomic E-state index is -0.891. The third kappa shape index (κ3) is 15.2. The number of halogens is 3. The van der Waals surface area contributed by atoms with Crippen molar-refractivity contribution in [3.63, 3.8) is 0 Å². The van der Waals surface area contributed by atoms with E-state index in [4.69, 9.17) is 44.1 Å². The van der Waals surface area contributed by atoms with Gasteiger partial charge in [-0.15, -0.1) is 0 Å². The third-order valence-corrected chi connectivity index (χ3v) is 12.3. The number of nitrogens with zero attached hydrogens (tertiary/aromatic N) is 9. The third-order valence-electron chi connectivity index (χ3n) is 11.8. The summed E-state index contributed by atoms with van der Waals surface area (Å²) in [6.45, 7) is 22.1. The van der Waals surface area contributed by atoms with Crippen LogP contribution in [0.15, 0.2) is 9.59 Å². The van der Waals surface area contributed by atoms with Gasteiger partial charge in [0.05, 0.1) is 0 Å². The molecule has 4 fully saturated rings. The van der Waals surface area contributed by atoms with Crippen molar-refractivity contribution in [1.82, 2.24) is 39.1 Å². The smallest absolute Gasteiger partial charge is 0.410 e. The van der Waals surface area contributed by atoms with Gasteiger partial charge in [-0.3, -0.25) is 42.7 Å². The number of primary amides is 2. The number of ketones is 1. The second-order valence-corrected chi connectivity index (χ2v) is 19.8. The zero-order chi connectivity index (χ0) is 50.1. The number of carbonyl (C=O) groups excluding carboxylic acids is 5. The highest BCUT2D eigenvalue weighted by atomic mass is 35.5. The highest BCUT2D eigenvalue weighted by Crippen LogP contribution is 2.29. The number of piperazine rings is 2. The molecule has 0 aromatic carbocycles. The predicted molar refractivity (Wildman–Crippen MR) is 259 cm³/mol. The summed E-state index contributed by atoms with van der Waals surface area (Å²) >= 11 is 12.5.